The van der Waals surface area contributed by atoms with Gasteiger partial charge in [-0.05, 0) is 37.3 Å². The summed E-state index contributed by atoms with van der Waals surface area (Å²) in [7, 11) is 0. The fourth-order valence-corrected chi connectivity index (χ4v) is 4.95. The summed E-state index contributed by atoms with van der Waals surface area (Å²) in [6.07, 6.45) is 13.2. The van der Waals surface area contributed by atoms with E-state index in [9.17, 15) is 9.59 Å². The first kappa shape index (κ1) is 19.0. The number of carbonyl (C=O) groups is 1. The number of aromatic nitrogens is 5. The molecule has 1 amide bonds. The SMILES string of the molecule is O=C(c1cnccn1)N1CC[C@@H](n2c(=O)n(CC3CCCCC3)c3cccnc32)C1. The molecule has 1 aliphatic carbocycles. The first-order chi connectivity index (χ1) is 14.7. The zero-order chi connectivity index (χ0) is 20.5. The number of amides is 1. The lowest BCUT2D eigenvalue weighted by Crippen LogP contribution is -2.33. The molecule has 1 saturated carbocycles. The van der Waals surface area contributed by atoms with Crippen molar-refractivity contribution in [3.05, 3.63) is 53.1 Å². The number of fused-ring (bicyclic) bond motifs is 1. The summed E-state index contributed by atoms with van der Waals surface area (Å²) < 4.78 is 3.72. The number of likely N-dealkylation sites (tertiary alicyclic amines) is 1. The molecule has 2 aliphatic rings. The fourth-order valence-electron chi connectivity index (χ4n) is 4.95. The van der Waals surface area contributed by atoms with Crippen molar-refractivity contribution >= 4 is 17.1 Å². The number of imidazole rings is 1. The second kappa shape index (κ2) is 8.01. The molecule has 1 aliphatic heterocycles. The minimum Gasteiger partial charge on any atom is -0.335 e. The van der Waals surface area contributed by atoms with Crippen LogP contribution in [0.3, 0.4) is 0 Å². The molecule has 1 saturated heterocycles. The summed E-state index contributed by atoms with van der Waals surface area (Å²) >= 11 is 0. The van der Waals surface area contributed by atoms with Crippen LogP contribution >= 0.6 is 0 Å². The first-order valence-corrected chi connectivity index (χ1v) is 10.8. The van der Waals surface area contributed by atoms with Crippen molar-refractivity contribution in [2.24, 2.45) is 5.92 Å². The minimum atomic E-state index is -0.141. The maximum Gasteiger partial charge on any atom is 0.330 e. The van der Waals surface area contributed by atoms with Gasteiger partial charge in [0.2, 0.25) is 0 Å². The van der Waals surface area contributed by atoms with E-state index < -0.39 is 0 Å². The third-order valence-electron chi connectivity index (χ3n) is 6.49. The van der Waals surface area contributed by atoms with Crippen LogP contribution in [0.5, 0.6) is 0 Å². The summed E-state index contributed by atoms with van der Waals surface area (Å²) in [5.41, 5.74) is 1.94. The van der Waals surface area contributed by atoms with E-state index in [4.69, 9.17) is 0 Å². The van der Waals surface area contributed by atoms with E-state index in [0.717, 1.165) is 24.1 Å². The Hall–Kier alpha value is -3.03. The fraction of sp³-hybridized carbons (Fsp3) is 0.500. The van der Waals surface area contributed by atoms with Crippen LogP contribution in [0.2, 0.25) is 0 Å². The van der Waals surface area contributed by atoms with Gasteiger partial charge in [0.05, 0.1) is 17.8 Å². The number of hydrogen-bond acceptors (Lipinski definition) is 5. The summed E-state index contributed by atoms with van der Waals surface area (Å²) in [5, 5.41) is 0. The predicted molar refractivity (Wildman–Crippen MR) is 112 cm³/mol. The summed E-state index contributed by atoms with van der Waals surface area (Å²) in [4.78, 5) is 40.6. The number of carbonyl (C=O) groups excluding carboxylic acids is 1. The standard InChI is InChI=1S/C22H26N6O2/c29-21(18-13-23-10-11-24-18)26-12-8-17(15-26)28-20-19(7-4-9-25-20)27(22(28)30)14-16-5-2-1-3-6-16/h4,7,9-11,13,16-17H,1-3,5-6,8,12,14-15H2/t17-/m1/s1. The Labute approximate surface area is 174 Å². The molecule has 0 radical (unpaired) electrons. The average molecular weight is 406 g/mol. The number of nitrogens with zero attached hydrogens (tertiary/aromatic N) is 6. The Morgan fingerprint density at radius 1 is 1.07 bits per heavy atom. The van der Waals surface area contributed by atoms with Gasteiger partial charge in [-0.1, -0.05) is 19.3 Å². The zero-order valence-electron chi connectivity index (χ0n) is 17.0. The molecule has 8 nitrogen and oxygen atoms in total. The van der Waals surface area contributed by atoms with Crippen LogP contribution in [0.25, 0.3) is 11.2 Å². The maximum absolute atomic E-state index is 13.5. The Morgan fingerprint density at radius 2 is 1.93 bits per heavy atom. The van der Waals surface area contributed by atoms with Crippen molar-refractivity contribution in [1.82, 2.24) is 29.0 Å². The summed E-state index contributed by atoms with van der Waals surface area (Å²) in [6.45, 7) is 1.83. The van der Waals surface area contributed by atoms with Gasteiger partial charge in [0, 0.05) is 38.2 Å². The van der Waals surface area contributed by atoms with Crippen LogP contribution in [-0.2, 0) is 6.54 Å². The van der Waals surface area contributed by atoms with Gasteiger partial charge in [0.25, 0.3) is 5.91 Å². The Bertz CT molecular complexity index is 1100. The Balaban J connectivity index is 1.44. The third kappa shape index (κ3) is 3.40. The van der Waals surface area contributed by atoms with Gasteiger partial charge < -0.3 is 4.90 Å². The summed E-state index contributed by atoms with van der Waals surface area (Å²) in [5.74, 6) is 0.409. The molecule has 0 aromatic carbocycles. The van der Waals surface area contributed by atoms with Gasteiger partial charge in [-0.15, -0.1) is 0 Å². The molecule has 3 aromatic rings. The minimum absolute atomic E-state index is 0.00641. The van der Waals surface area contributed by atoms with E-state index in [1.807, 2.05) is 21.3 Å². The van der Waals surface area contributed by atoms with Crippen LogP contribution in [0.4, 0.5) is 0 Å². The van der Waals surface area contributed by atoms with Gasteiger partial charge in [0.15, 0.2) is 5.65 Å². The van der Waals surface area contributed by atoms with E-state index >= 15 is 0 Å². The lowest BCUT2D eigenvalue weighted by Gasteiger charge is -2.21. The molecule has 30 heavy (non-hydrogen) atoms. The van der Waals surface area contributed by atoms with Crippen molar-refractivity contribution in [3.8, 4) is 0 Å². The molecular weight excluding hydrogens is 380 g/mol. The van der Waals surface area contributed by atoms with Crippen LogP contribution < -0.4 is 5.69 Å². The van der Waals surface area contributed by atoms with Crippen molar-refractivity contribution in [2.45, 2.75) is 51.1 Å². The number of rotatable bonds is 4. The molecule has 4 heterocycles. The molecule has 0 N–H and O–H groups in total. The average Bonchev–Trinajstić information content (AvgIpc) is 3.38. The van der Waals surface area contributed by atoms with Crippen LogP contribution in [-0.4, -0.2) is 48.0 Å². The van der Waals surface area contributed by atoms with E-state index in [1.165, 1.54) is 44.5 Å². The molecule has 1 atom stereocenters. The monoisotopic (exact) mass is 406 g/mol. The van der Waals surface area contributed by atoms with Gasteiger partial charge in [0.1, 0.15) is 5.69 Å². The largest absolute Gasteiger partial charge is 0.335 e. The van der Waals surface area contributed by atoms with Crippen molar-refractivity contribution in [1.29, 1.82) is 0 Å². The quantitative estimate of drug-likeness (QED) is 0.665. The first-order valence-electron chi connectivity index (χ1n) is 10.8. The molecule has 5 rings (SSSR count). The van der Waals surface area contributed by atoms with Crippen LogP contribution in [0.1, 0.15) is 55.1 Å². The van der Waals surface area contributed by atoms with E-state index in [2.05, 4.69) is 15.0 Å². The highest BCUT2D eigenvalue weighted by Gasteiger charge is 2.32. The van der Waals surface area contributed by atoms with Crippen LogP contribution in [0, 0.1) is 5.92 Å². The molecule has 8 heteroatoms. The van der Waals surface area contributed by atoms with Crippen molar-refractivity contribution in [2.75, 3.05) is 13.1 Å². The van der Waals surface area contributed by atoms with Gasteiger partial charge in [-0.2, -0.15) is 0 Å². The highest BCUT2D eigenvalue weighted by atomic mass is 16.2. The third-order valence-corrected chi connectivity index (χ3v) is 6.49. The Morgan fingerprint density at radius 3 is 2.73 bits per heavy atom. The second-order valence-electron chi connectivity index (χ2n) is 8.40. The van der Waals surface area contributed by atoms with Crippen molar-refractivity contribution in [3.63, 3.8) is 0 Å². The van der Waals surface area contributed by atoms with E-state index in [0.29, 0.717) is 24.7 Å². The summed E-state index contributed by atoms with van der Waals surface area (Å²) in [6, 6.07) is 3.80. The van der Waals surface area contributed by atoms with E-state index in [1.54, 1.807) is 17.3 Å². The van der Waals surface area contributed by atoms with Gasteiger partial charge in [-0.25, -0.2) is 14.8 Å². The molecule has 0 unspecified atom stereocenters. The second-order valence-corrected chi connectivity index (χ2v) is 8.40. The highest BCUT2D eigenvalue weighted by molar-refractivity contribution is 5.92. The smallest absolute Gasteiger partial charge is 0.330 e. The molecule has 0 bridgehead atoms. The number of hydrogen-bond donors (Lipinski definition) is 0. The van der Waals surface area contributed by atoms with Crippen molar-refractivity contribution < 1.29 is 4.79 Å². The number of pyridine rings is 1. The molecule has 156 valence electrons. The van der Waals surface area contributed by atoms with E-state index in [-0.39, 0.29) is 17.6 Å². The maximum atomic E-state index is 13.5. The molecule has 3 aromatic heterocycles. The zero-order valence-corrected chi connectivity index (χ0v) is 17.0. The molecule has 2 fully saturated rings. The predicted octanol–water partition coefficient (Wildman–Crippen LogP) is 2.66. The molecule has 0 spiro atoms. The highest BCUT2D eigenvalue weighted by Crippen LogP contribution is 2.28. The van der Waals surface area contributed by atoms with Gasteiger partial charge >= 0.3 is 5.69 Å². The molecular formula is C22H26N6O2. The van der Waals surface area contributed by atoms with Gasteiger partial charge in [-0.3, -0.25) is 18.9 Å². The van der Waals surface area contributed by atoms with Crippen LogP contribution in [0.15, 0.2) is 41.7 Å². The topological polar surface area (TPSA) is 85.9 Å². The lowest BCUT2D eigenvalue weighted by atomic mass is 9.89. The lowest BCUT2D eigenvalue weighted by molar-refractivity contribution is 0.0781. The Kier molecular flexibility index (Phi) is 5.06. The normalized spacial score (nSPS) is 20.1.